The first-order chi connectivity index (χ1) is 5.54. The lowest BCUT2D eigenvalue weighted by atomic mass is 10.0. The van der Waals surface area contributed by atoms with Gasteiger partial charge in [0.15, 0.2) is 5.75 Å². The first-order valence-electron chi connectivity index (χ1n) is 3.67. The second kappa shape index (κ2) is 2.89. The van der Waals surface area contributed by atoms with Crippen LogP contribution in [0.4, 0.5) is 0 Å². The van der Waals surface area contributed by atoms with Crippen LogP contribution in [0.25, 0.3) is 0 Å². The van der Waals surface area contributed by atoms with Crippen molar-refractivity contribution in [3.63, 3.8) is 0 Å². The largest absolute Gasteiger partial charge is 0.503 e. The van der Waals surface area contributed by atoms with Crippen LogP contribution in [0.1, 0.15) is 25.3 Å². The number of aromatic nitrogens is 1. The van der Waals surface area contributed by atoms with E-state index in [4.69, 9.17) is 5.21 Å². The van der Waals surface area contributed by atoms with E-state index < -0.39 is 5.56 Å². The van der Waals surface area contributed by atoms with Gasteiger partial charge in [0.1, 0.15) is 0 Å². The van der Waals surface area contributed by atoms with Gasteiger partial charge in [-0.1, -0.05) is 13.8 Å². The fourth-order valence-electron chi connectivity index (χ4n) is 0.995. The standard InChI is InChI=1S/C8H11NO3/c1-5(2)6-3-4-9(12)8(11)7(6)10/h3-5,10,12H,1-2H3. The molecule has 0 aromatic carbocycles. The number of hydrogen-bond donors (Lipinski definition) is 2. The van der Waals surface area contributed by atoms with Gasteiger partial charge in [-0.2, -0.15) is 4.73 Å². The summed E-state index contributed by atoms with van der Waals surface area (Å²) in [4.78, 5) is 11.0. The highest BCUT2D eigenvalue weighted by Crippen LogP contribution is 2.20. The maximum absolute atomic E-state index is 11.0. The predicted molar refractivity (Wildman–Crippen MR) is 43.6 cm³/mol. The van der Waals surface area contributed by atoms with Crippen molar-refractivity contribution in [1.29, 1.82) is 0 Å². The van der Waals surface area contributed by atoms with Crippen molar-refractivity contribution >= 4 is 0 Å². The molecule has 0 fully saturated rings. The summed E-state index contributed by atoms with van der Waals surface area (Å²) in [7, 11) is 0. The van der Waals surface area contributed by atoms with E-state index in [1.807, 2.05) is 13.8 Å². The third kappa shape index (κ3) is 1.28. The molecule has 0 aliphatic carbocycles. The van der Waals surface area contributed by atoms with Gasteiger partial charge in [0.05, 0.1) is 0 Å². The second-order valence-electron chi connectivity index (χ2n) is 2.92. The first-order valence-corrected chi connectivity index (χ1v) is 3.67. The van der Waals surface area contributed by atoms with Gasteiger partial charge >= 0.3 is 5.56 Å². The fraction of sp³-hybridized carbons (Fsp3) is 0.375. The van der Waals surface area contributed by atoms with Crippen molar-refractivity contribution in [2.75, 3.05) is 0 Å². The highest BCUT2D eigenvalue weighted by atomic mass is 16.5. The van der Waals surface area contributed by atoms with Gasteiger partial charge in [-0.05, 0) is 12.0 Å². The van der Waals surface area contributed by atoms with Crippen molar-refractivity contribution < 1.29 is 10.3 Å². The van der Waals surface area contributed by atoms with E-state index in [2.05, 4.69) is 0 Å². The van der Waals surface area contributed by atoms with Crippen molar-refractivity contribution in [1.82, 2.24) is 4.73 Å². The maximum atomic E-state index is 11.0. The van der Waals surface area contributed by atoms with Crippen molar-refractivity contribution in [3.8, 4) is 5.75 Å². The van der Waals surface area contributed by atoms with E-state index >= 15 is 0 Å². The minimum Gasteiger partial charge on any atom is -0.503 e. The molecule has 0 aliphatic rings. The molecule has 0 bridgehead atoms. The number of hydrogen-bond acceptors (Lipinski definition) is 3. The number of nitrogens with zero attached hydrogens (tertiary/aromatic N) is 1. The van der Waals surface area contributed by atoms with Crippen LogP contribution in [-0.4, -0.2) is 15.0 Å². The molecule has 1 rings (SSSR count). The van der Waals surface area contributed by atoms with E-state index in [-0.39, 0.29) is 11.7 Å². The third-order valence-corrected chi connectivity index (χ3v) is 1.70. The second-order valence-corrected chi connectivity index (χ2v) is 2.92. The molecule has 12 heavy (non-hydrogen) atoms. The Morgan fingerprint density at radius 1 is 1.50 bits per heavy atom. The Labute approximate surface area is 69.7 Å². The normalized spacial score (nSPS) is 10.6. The first kappa shape index (κ1) is 8.64. The summed E-state index contributed by atoms with van der Waals surface area (Å²) in [6.07, 6.45) is 1.22. The average Bonchev–Trinajstić information content (AvgIpc) is 2.00. The molecule has 66 valence electrons. The molecule has 0 amide bonds. The molecule has 0 saturated heterocycles. The maximum Gasteiger partial charge on any atom is 0.325 e. The Kier molecular flexibility index (Phi) is 2.08. The molecular weight excluding hydrogens is 158 g/mol. The number of rotatable bonds is 1. The lowest BCUT2D eigenvalue weighted by Crippen LogP contribution is -2.17. The molecule has 4 nitrogen and oxygen atoms in total. The van der Waals surface area contributed by atoms with Crippen molar-refractivity contribution in [2.24, 2.45) is 0 Å². The molecule has 0 unspecified atom stereocenters. The summed E-state index contributed by atoms with van der Waals surface area (Å²) >= 11 is 0. The molecule has 1 aromatic heterocycles. The monoisotopic (exact) mass is 169 g/mol. The molecule has 4 heteroatoms. The van der Waals surface area contributed by atoms with Gasteiger partial charge in [0.2, 0.25) is 0 Å². The van der Waals surface area contributed by atoms with Crippen LogP contribution in [0, 0.1) is 0 Å². The van der Waals surface area contributed by atoms with Crippen molar-refractivity contribution in [2.45, 2.75) is 19.8 Å². The van der Waals surface area contributed by atoms with E-state index in [1.54, 1.807) is 0 Å². The highest BCUT2D eigenvalue weighted by Gasteiger charge is 2.10. The van der Waals surface area contributed by atoms with E-state index in [0.29, 0.717) is 10.3 Å². The lowest BCUT2D eigenvalue weighted by Gasteiger charge is -2.07. The van der Waals surface area contributed by atoms with Crippen LogP contribution in [-0.2, 0) is 0 Å². The van der Waals surface area contributed by atoms with E-state index in [0.717, 1.165) is 0 Å². The molecule has 1 aromatic rings. The molecule has 0 spiro atoms. The molecular formula is C8H11NO3. The Morgan fingerprint density at radius 3 is 2.58 bits per heavy atom. The molecule has 2 N–H and O–H groups in total. The Balaban J connectivity index is 3.37. The van der Waals surface area contributed by atoms with E-state index in [1.165, 1.54) is 12.3 Å². The summed E-state index contributed by atoms with van der Waals surface area (Å²) < 4.78 is 0.362. The van der Waals surface area contributed by atoms with Gasteiger partial charge < -0.3 is 10.3 Å². The smallest absolute Gasteiger partial charge is 0.325 e. The molecule has 0 radical (unpaired) electrons. The minimum absolute atomic E-state index is 0.0684. The zero-order valence-corrected chi connectivity index (χ0v) is 6.98. The van der Waals surface area contributed by atoms with Gasteiger partial charge in [-0.15, -0.1) is 0 Å². The number of aromatic hydroxyl groups is 1. The summed E-state index contributed by atoms with van der Waals surface area (Å²) in [5.41, 5.74) is -0.230. The average molecular weight is 169 g/mol. The quantitative estimate of drug-likeness (QED) is 0.614. The Morgan fingerprint density at radius 2 is 2.08 bits per heavy atom. The third-order valence-electron chi connectivity index (χ3n) is 1.70. The van der Waals surface area contributed by atoms with Crippen LogP contribution in [0.2, 0.25) is 0 Å². The lowest BCUT2D eigenvalue weighted by molar-refractivity contribution is 0.170. The van der Waals surface area contributed by atoms with Crippen LogP contribution in [0.3, 0.4) is 0 Å². The highest BCUT2D eigenvalue weighted by molar-refractivity contribution is 5.31. The van der Waals surface area contributed by atoms with Gasteiger partial charge in [0, 0.05) is 11.8 Å². The van der Waals surface area contributed by atoms with Gasteiger partial charge in [-0.25, -0.2) is 0 Å². The molecule has 0 saturated carbocycles. The fourth-order valence-corrected chi connectivity index (χ4v) is 0.995. The predicted octanol–water partition coefficient (Wildman–Crippen LogP) is 0.915. The number of pyridine rings is 1. The summed E-state index contributed by atoms with van der Waals surface area (Å²) in [6, 6.07) is 1.52. The van der Waals surface area contributed by atoms with Gasteiger partial charge in [0.25, 0.3) is 0 Å². The van der Waals surface area contributed by atoms with E-state index in [9.17, 15) is 9.90 Å². The van der Waals surface area contributed by atoms with Crippen LogP contribution < -0.4 is 5.56 Å². The topological polar surface area (TPSA) is 62.5 Å². The molecule has 0 aliphatic heterocycles. The minimum atomic E-state index is -0.777. The molecule has 0 atom stereocenters. The zero-order chi connectivity index (χ0) is 9.30. The molecule has 1 heterocycles. The zero-order valence-electron chi connectivity index (χ0n) is 6.98. The van der Waals surface area contributed by atoms with Gasteiger partial charge in [-0.3, -0.25) is 4.79 Å². The van der Waals surface area contributed by atoms with Crippen LogP contribution >= 0.6 is 0 Å². The Bertz CT molecular complexity index is 341. The van der Waals surface area contributed by atoms with Crippen molar-refractivity contribution in [3.05, 3.63) is 28.2 Å². The summed E-state index contributed by atoms with van der Waals surface area (Å²) in [5.74, 6) is -0.311. The Hall–Kier alpha value is -1.45. The summed E-state index contributed by atoms with van der Waals surface area (Å²) in [5, 5.41) is 18.1. The van der Waals surface area contributed by atoms with Crippen LogP contribution in [0.5, 0.6) is 5.75 Å². The SMILES string of the molecule is CC(C)c1ccn(O)c(=O)c1O. The summed E-state index contributed by atoms with van der Waals surface area (Å²) in [6.45, 7) is 3.71. The van der Waals surface area contributed by atoms with Crippen LogP contribution in [0.15, 0.2) is 17.1 Å².